The van der Waals surface area contributed by atoms with Gasteiger partial charge >= 0.3 is 0 Å². The molecule has 1 amide bonds. The summed E-state index contributed by atoms with van der Waals surface area (Å²) in [5, 5.41) is 1.14. The van der Waals surface area contributed by atoms with Crippen LogP contribution >= 0.6 is 15.9 Å². The summed E-state index contributed by atoms with van der Waals surface area (Å²) >= 11 is 3.52. The lowest BCUT2D eigenvalue weighted by molar-refractivity contribution is -0.175. The van der Waals surface area contributed by atoms with Crippen LogP contribution in [0.1, 0.15) is 24.2 Å². The Labute approximate surface area is 156 Å². The van der Waals surface area contributed by atoms with E-state index in [4.69, 9.17) is 14.3 Å². The molecule has 0 heterocycles. The van der Waals surface area contributed by atoms with E-state index in [-0.39, 0.29) is 18.6 Å². The Hall–Kier alpha value is -1.89. The SMILES string of the molecule is CON(C)C(=O)COC(C)c1cc(OCc2ccccc2)ccc1Br. The van der Waals surface area contributed by atoms with Gasteiger partial charge in [-0.3, -0.25) is 9.63 Å². The number of amides is 1. The van der Waals surface area contributed by atoms with Gasteiger partial charge in [-0.05, 0) is 36.2 Å². The van der Waals surface area contributed by atoms with Crippen LogP contribution in [0.3, 0.4) is 0 Å². The standard InChI is InChI=1S/C19H22BrNO4/c1-14(24-13-19(22)21(2)23-3)17-11-16(9-10-18(17)20)25-12-15-7-5-4-6-8-15/h4-11,14H,12-13H2,1-3H3. The van der Waals surface area contributed by atoms with Gasteiger partial charge in [0.25, 0.3) is 5.91 Å². The molecule has 0 aliphatic carbocycles. The predicted octanol–water partition coefficient (Wildman–Crippen LogP) is 4.13. The molecule has 0 radical (unpaired) electrons. The first-order valence-corrected chi connectivity index (χ1v) is 8.69. The molecule has 0 spiro atoms. The summed E-state index contributed by atoms with van der Waals surface area (Å²) in [6, 6.07) is 15.7. The molecule has 0 aliphatic rings. The first-order valence-electron chi connectivity index (χ1n) is 7.89. The normalized spacial score (nSPS) is 11.8. The third kappa shape index (κ3) is 5.85. The monoisotopic (exact) mass is 407 g/mol. The number of hydrogen-bond acceptors (Lipinski definition) is 4. The molecule has 0 aromatic heterocycles. The number of nitrogens with zero attached hydrogens (tertiary/aromatic N) is 1. The molecular formula is C19H22BrNO4. The fourth-order valence-electron chi connectivity index (χ4n) is 2.14. The van der Waals surface area contributed by atoms with Crippen molar-refractivity contribution in [1.29, 1.82) is 0 Å². The molecule has 0 N–H and O–H groups in total. The van der Waals surface area contributed by atoms with Gasteiger partial charge in [-0.2, -0.15) is 0 Å². The van der Waals surface area contributed by atoms with Gasteiger partial charge in [0.15, 0.2) is 0 Å². The molecule has 6 heteroatoms. The van der Waals surface area contributed by atoms with Crippen LogP contribution in [-0.2, 0) is 21.0 Å². The van der Waals surface area contributed by atoms with Crippen LogP contribution in [0.2, 0.25) is 0 Å². The fraction of sp³-hybridized carbons (Fsp3) is 0.316. The van der Waals surface area contributed by atoms with Gasteiger partial charge in [0.2, 0.25) is 0 Å². The number of rotatable bonds is 8. The minimum absolute atomic E-state index is 0.0625. The maximum Gasteiger partial charge on any atom is 0.271 e. The zero-order chi connectivity index (χ0) is 18.2. The van der Waals surface area contributed by atoms with Crippen molar-refractivity contribution in [2.24, 2.45) is 0 Å². The number of carbonyl (C=O) groups is 1. The Morgan fingerprint density at radius 3 is 2.60 bits per heavy atom. The Balaban J connectivity index is 1.98. The summed E-state index contributed by atoms with van der Waals surface area (Å²) in [6.07, 6.45) is -0.274. The molecule has 5 nitrogen and oxygen atoms in total. The maximum atomic E-state index is 11.8. The number of halogens is 1. The molecule has 0 bridgehead atoms. The predicted molar refractivity (Wildman–Crippen MR) is 99.1 cm³/mol. The van der Waals surface area contributed by atoms with Crippen LogP contribution in [0.25, 0.3) is 0 Å². The van der Waals surface area contributed by atoms with E-state index < -0.39 is 0 Å². The Bertz CT molecular complexity index is 693. The summed E-state index contributed by atoms with van der Waals surface area (Å²) < 4.78 is 12.4. The van der Waals surface area contributed by atoms with Crippen LogP contribution in [0.4, 0.5) is 0 Å². The van der Waals surface area contributed by atoms with Gasteiger partial charge in [-0.25, -0.2) is 5.06 Å². The van der Waals surface area contributed by atoms with E-state index in [0.717, 1.165) is 26.4 Å². The summed E-state index contributed by atoms with van der Waals surface area (Å²) in [7, 11) is 2.98. The summed E-state index contributed by atoms with van der Waals surface area (Å²) in [5.74, 6) is 0.500. The van der Waals surface area contributed by atoms with Crippen LogP contribution < -0.4 is 4.74 Å². The smallest absolute Gasteiger partial charge is 0.271 e. The van der Waals surface area contributed by atoms with E-state index in [1.807, 2.05) is 55.5 Å². The molecule has 2 rings (SSSR count). The molecule has 1 unspecified atom stereocenters. The largest absolute Gasteiger partial charge is 0.489 e. The first kappa shape index (κ1) is 19.4. The minimum Gasteiger partial charge on any atom is -0.489 e. The van der Waals surface area contributed by atoms with Gasteiger partial charge in [0, 0.05) is 11.5 Å². The van der Waals surface area contributed by atoms with Gasteiger partial charge in [0.05, 0.1) is 13.2 Å². The summed E-state index contributed by atoms with van der Waals surface area (Å²) in [6.45, 7) is 2.32. The van der Waals surface area contributed by atoms with Crippen LogP contribution in [0.15, 0.2) is 53.0 Å². The van der Waals surface area contributed by atoms with Crippen molar-refractivity contribution in [3.63, 3.8) is 0 Å². The van der Waals surface area contributed by atoms with E-state index in [1.54, 1.807) is 7.05 Å². The van der Waals surface area contributed by atoms with Crippen LogP contribution in [0.5, 0.6) is 5.75 Å². The molecule has 2 aromatic carbocycles. The molecule has 134 valence electrons. The molecular weight excluding hydrogens is 386 g/mol. The van der Waals surface area contributed by atoms with E-state index in [1.165, 1.54) is 7.11 Å². The van der Waals surface area contributed by atoms with Crippen molar-refractivity contribution in [1.82, 2.24) is 5.06 Å². The third-order valence-electron chi connectivity index (χ3n) is 3.74. The lowest BCUT2D eigenvalue weighted by atomic mass is 10.1. The average molecular weight is 408 g/mol. The number of carbonyl (C=O) groups excluding carboxylic acids is 1. The van der Waals surface area contributed by atoms with Crippen molar-refractivity contribution in [3.8, 4) is 5.75 Å². The topological polar surface area (TPSA) is 48.0 Å². The Kier molecular flexibility index (Phi) is 7.43. The zero-order valence-corrected chi connectivity index (χ0v) is 16.2. The number of hydrogen-bond donors (Lipinski definition) is 0. The van der Waals surface area contributed by atoms with Gasteiger partial charge < -0.3 is 9.47 Å². The van der Waals surface area contributed by atoms with Crippen molar-refractivity contribution >= 4 is 21.8 Å². The third-order valence-corrected chi connectivity index (χ3v) is 4.46. The van der Waals surface area contributed by atoms with E-state index in [2.05, 4.69) is 15.9 Å². The van der Waals surface area contributed by atoms with Crippen molar-refractivity contribution in [3.05, 3.63) is 64.1 Å². The average Bonchev–Trinajstić information content (AvgIpc) is 2.65. The highest BCUT2D eigenvalue weighted by Gasteiger charge is 2.15. The van der Waals surface area contributed by atoms with Crippen molar-refractivity contribution in [2.45, 2.75) is 19.6 Å². The Morgan fingerprint density at radius 1 is 1.20 bits per heavy atom. The van der Waals surface area contributed by atoms with Gasteiger partial charge in [-0.1, -0.05) is 46.3 Å². The molecule has 25 heavy (non-hydrogen) atoms. The van der Waals surface area contributed by atoms with Gasteiger partial charge in [0.1, 0.15) is 19.0 Å². The molecule has 0 saturated carbocycles. The highest BCUT2D eigenvalue weighted by molar-refractivity contribution is 9.10. The number of likely N-dealkylation sites (N-methyl/N-ethyl adjacent to an activating group) is 1. The van der Waals surface area contributed by atoms with E-state index in [0.29, 0.717) is 6.61 Å². The molecule has 0 saturated heterocycles. The van der Waals surface area contributed by atoms with E-state index >= 15 is 0 Å². The van der Waals surface area contributed by atoms with Crippen LogP contribution in [-0.4, -0.2) is 31.7 Å². The highest BCUT2D eigenvalue weighted by Crippen LogP contribution is 2.30. The quantitative estimate of drug-likeness (QED) is 0.617. The lowest BCUT2D eigenvalue weighted by Gasteiger charge is -2.18. The molecule has 0 aliphatic heterocycles. The maximum absolute atomic E-state index is 11.8. The van der Waals surface area contributed by atoms with Crippen LogP contribution in [0, 0.1) is 0 Å². The molecule has 2 aromatic rings. The summed E-state index contributed by atoms with van der Waals surface area (Å²) in [4.78, 5) is 16.6. The van der Waals surface area contributed by atoms with E-state index in [9.17, 15) is 4.79 Å². The van der Waals surface area contributed by atoms with Crippen molar-refractivity contribution in [2.75, 3.05) is 20.8 Å². The van der Waals surface area contributed by atoms with Gasteiger partial charge in [-0.15, -0.1) is 0 Å². The molecule has 1 atom stereocenters. The second-order valence-corrected chi connectivity index (χ2v) is 6.34. The highest BCUT2D eigenvalue weighted by atomic mass is 79.9. The zero-order valence-electron chi connectivity index (χ0n) is 14.6. The minimum atomic E-state index is -0.274. The lowest BCUT2D eigenvalue weighted by Crippen LogP contribution is -2.29. The second kappa shape index (κ2) is 9.56. The summed E-state index contributed by atoms with van der Waals surface area (Å²) in [5.41, 5.74) is 2.02. The fourth-order valence-corrected chi connectivity index (χ4v) is 2.71. The molecule has 0 fully saturated rings. The second-order valence-electron chi connectivity index (χ2n) is 5.48. The number of hydroxylamine groups is 2. The first-order chi connectivity index (χ1) is 12.0. The Morgan fingerprint density at radius 2 is 1.92 bits per heavy atom. The number of benzene rings is 2. The van der Waals surface area contributed by atoms with Crippen molar-refractivity contribution < 1.29 is 19.1 Å². The number of ether oxygens (including phenoxy) is 2.